The van der Waals surface area contributed by atoms with E-state index in [-0.39, 0.29) is 23.9 Å². The van der Waals surface area contributed by atoms with Crippen LogP contribution in [0.15, 0.2) is 5.38 Å². The maximum atomic E-state index is 12.2. The van der Waals surface area contributed by atoms with Gasteiger partial charge in [-0.1, -0.05) is 24.4 Å². The van der Waals surface area contributed by atoms with E-state index >= 15 is 0 Å². The second-order valence-corrected chi connectivity index (χ2v) is 5.97. The molecule has 6 heteroatoms. The van der Waals surface area contributed by atoms with Crippen LogP contribution in [0, 0.1) is 6.92 Å². The van der Waals surface area contributed by atoms with Crippen LogP contribution in [-0.4, -0.2) is 18.0 Å². The number of nitrogens with two attached hydrogens (primary N) is 1. The number of carbonyl (C=O) groups excluding carboxylic acids is 1. The molecule has 3 N–H and O–H groups in total. The standard InChI is InChI=1S/C12H17ClN2OS.ClH/c1-8-6-17-10(9(8)13)11(16)15-12(7-14)4-2-3-5-12;/h6H,2-5,7,14H2,1H3,(H,15,16);1H. The molecule has 0 aliphatic heterocycles. The summed E-state index contributed by atoms with van der Waals surface area (Å²) in [5.74, 6) is -0.0829. The minimum absolute atomic E-state index is 0. The Bertz CT molecular complexity index is 428. The monoisotopic (exact) mass is 308 g/mol. The van der Waals surface area contributed by atoms with Crippen LogP contribution < -0.4 is 11.1 Å². The summed E-state index contributed by atoms with van der Waals surface area (Å²) in [7, 11) is 0. The van der Waals surface area contributed by atoms with E-state index in [1.54, 1.807) is 0 Å². The Kier molecular flexibility index (Phi) is 5.46. The lowest BCUT2D eigenvalue weighted by Gasteiger charge is -2.28. The Balaban J connectivity index is 0.00000162. The fourth-order valence-corrected chi connectivity index (χ4v) is 3.49. The topological polar surface area (TPSA) is 55.1 Å². The largest absolute Gasteiger partial charge is 0.345 e. The van der Waals surface area contributed by atoms with Crippen molar-refractivity contribution in [2.75, 3.05) is 6.54 Å². The molecule has 0 radical (unpaired) electrons. The van der Waals surface area contributed by atoms with E-state index in [9.17, 15) is 4.79 Å². The molecule has 0 bridgehead atoms. The number of hydrogen-bond donors (Lipinski definition) is 2. The van der Waals surface area contributed by atoms with Gasteiger partial charge >= 0.3 is 0 Å². The lowest BCUT2D eigenvalue weighted by Crippen LogP contribution is -2.51. The van der Waals surface area contributed by atoms with E-state index in [1.165, 1.54) is 11.3 Å². The van der Waals surface area contributed by atoms with E-state index in [4.69, 9.17) is 17.3 Å². The first-order valence-electron chi connectivity index (χ1n) is 5.84. The van der Waals surface area contributed by atoms with Crippen molar-refractivity contribution in [3.8, 4) is 0 Å². The van der Waals surface area contributed by atoms with Crippen molar-refractivity contribution in [3.05, 3.63) is 20.8 Å². The third-order valence-corrected chi connectivity index (χ3v) is 5.13. The van der Waals surface area contributed by atoms with Crippen LogP contribution in [0.3, 0.4) is 0 Å². The molecule has 0 aromatic carbocycles. The van der Waals surface area contributed by atoms with Crippen LogP contribution >= 0.6 is 35.3 Å². The normalized spacial score (nSPS) is 17.3. The molecule has 18 heavy (non-hydrogen) atoms. The van der Waals surface area contributed by atoms with E-state index in [0.717, 1.165) is 31.2 Å². The zero-order valence-electron chi connectivity index (χ0n) is 10.3. The van der Waals surface area contributed by atoms with Gasteiger partial charge in [-0.15, -0.1) is 23.7 Å². The SMILES string of the molecule is Cc1csc(C(=O)NC2(CN)CCCC2)c1Cl.Cl. The highest BCUT2D eigenvalue weighted by molar-refractivity contribution is 7.13. The van der Waals surface area contributed by atoms with Crippen LogP contribution in [0.5, 0.6) is 0 Å². The van der Waals surface area contributed by atoms with Crippen molar-refractivity contribution >= 4 is 41.3 Å². The van der Waals surface area contributed by atoms with Gasteiger partial charge in [-0.2, -0.15) is 0 Å². The van der Waals surface area contributed by atoms with Gasteiger partial charge < -0.3 is 11.1 Å². The average Bonchev–Trinajstić information content (AvgIpc) is 2.89. The maximum Gasteiger partial charge on any atom is 0.263 e. The van der Waals surface area contributed by atoms with Gasteiger partial charge in [0.2, 0.25) is 0 Å². The molecule has 3 nitrogen and oxygen atoms in total. The first kappa shape index (κ1) is 15.8. The van der Waals surface area contributed by atoms with Crippen molar-refractivity contribution in [3.63, 3.8) is 0 Å². The van der Waals surface area contributed by atoms with Gasteiger partial charge in [0.1, 0.15) is 4.88 Å². The summed E-state index contributed by atoms with van der Waals surface area (Å²) < 4.78 is 0. The van der Waals surface area contributed by atoms with Crippen molar-refractivity contribution < 1.29 is 4.79 Å². The molecule has 1 saturated carbocycles. The Morgan fingerprint density at radius 1 is 1.56 bits per heavy atom. The van der Waals surface area contributed by atoms with Gasteiger partial charge in [0.05, 0.1) is 10.6 Å². The van der Waals surface area contributed by atoms with Crippen molar-refractivity contribution in [2.45, 2.75) is 38.1 Å². The summed E-state index contributed by atoms with van der Waals surface area (Å²) in [5, 5.41) is 5.55. The quantitative estimate of drug-likeness (QED) is 0.901. The fraction of sp³-hybridized carbons (Fsp3) is 0.583. The molecule has 0 unspecified atom stereocenters. The number of halogens is 2. The number of thiophene rings is 1. The summed E-state index contributed by atoms with van der Waals surface area (Å²) in [4.78, 5) is 12.8. The molecule has 1 heterocycles. The Morgan fingerprint density at radius 2 is 2.17 bits per heavy atom. The van der Waals surface area contributed by atoms with Crippen LogP contribution in [0.4, 0.5) is 0 Å². The maximum absolute atomic E-state index is 12.2. The molecule has 1 aromatic rings. The van der Waals surface area contributed by atoms with Crippen LogP contribution in [-0.2, 0) is 0 Å². The summed E-state index contributed by atoms with van der Waals surface area (Å²) in [6, 6.07) is 0. The Morgan fingerprint density at radius 3 is 2.61 bits per heavy atom. The van der Waals surface area contributed by atoms with Crippen molar-refractivity contribution in [2.24, 2.45) is 5.73 Å². The molecule has 0 saturated heterocycles. The third kappa shape index (κ3) is 2.99. The van der Waals surface area contributed by atoms with Crippen LogP contribution in [0.1, 0.15) is 40.9 Å². The van der Waals surface area contributed by atoms with Gasteiger partial charge in [0.25, 0.3) is 5.91 Å². The predicted octanol–water partition coefficient (Wildman–Crippen LogP) is 3.13. The van der Waals surface area contributed by atoms with E-state index in [2.05, 4.69) is 5.32 Å². The lowest BCUT2D eigenvalue weighted by atomic mass is 9.98. The molecule has 1 aliphatic rings. The fourth-order valence-electron chi connectivity index (χ4n) is 2.31. The van der Waals surface area contributed by atoms with E-state index < -0.39 is 0 Å². The summed E-state index contributed by atoms with van der Waals surface area (Å²) in [6.07, 6.45) is 4.21. The van der Waals surface area contributed by atoms with Gasteiger partial charge in [0.15, 0.2) is 0 Å². The van der Waals surface area contributed by atoms with Gasteiger partial charge in [-0.05, 0) is 30.7 Å². The first-order valence-corrected chi connectivity index (χ1v) is 7.10. The predicted molar refractivity (Wildman–Crippen MR) is 79.0 cm³/mol. The molecule has 102 valence electrons. The molecule has 1 aromatic heterocycles. The van der Waals surface area contributed by atoms with Crippen LogP contribution in [0.25, 0.3) is 0 Å². The lowest BCUT2D eigenvalue weighted by molar-refractivity contribution is 0.0907. The Labute approximate surface area is 122 Å². The first-order chi connectivity index (χ1) is 8.08. The van der Waals surface area contributed by atoms with Crippen molar-refractivity contribution in [1.82, 2.24) is 5.32 Å². The molecular weight excluding hydrogens is 291 g/mol. The number of nitrogens with one attached hydrogen (secondary N) is 1. The Hall–Kier alpha value is -0.290. The molecule has 0 atom stereocenters. The van der Waals surface area contributed by atoms with Gasteiger partial charge in [-0.3, -0.25) is 4.79 Å². The zero-order chi connectivity index (χ0) is 12.5. The van der Waals surface area contributed by atoms with Gasteiger partial charge in [0, 0.05) is 6.54 Å². The summed E-state index contributed by atoms with van der Waals surface area (Å²) in [5.41, 5.74) is 6.54. The molecule has 0 spiro atoms. The highest BCUT2D eigenvalue weighted by Crippen LogP contribution is 2.31. The number of amides is 1. The third-order valence-electron chi connectivity index (χ3n) is 3.44. The second-order valence-electron chi connectivity index (χ2n) is 4.71. The minimum Gasteiger partial charge on any atom is -0.345 e. The van der Waals surface area contributed by atoms with Crippen LogP contribution in [0.2, 0.25) is 5.02 Å². The van der Waals surface area contributed by atoms with Crippen molar-refractivity contribution in [1.29, 1.82) is 0 Å². The minimum atomic E-state index is -0.210. The molecule has 1 aliphatic carbocycles. The number of aryl methyl sites for hydroxylation is 1. The summed E-state index contributed by atoms with van der Waals surface area (Å²) >= 11 is 7.49. The van der Waals surface area contributed by atoms with E-state index in [1.807, 2.05) is 12.3 Å². The second kappa shape index (κ2) is 6.24. The number of hydrogen-bond acceptors (Lipinski definition) is 3. The smallest absolute Gasteiger partial charge is 0.263 e. The molecular formula is C12H18Cl2N2OS. The molecule has 2 rings (SSSR count). The average molecular weight is 309 g/mol. The zero-order valence-corrected chi connectivity index (χ0v) is 12.7. The van der Waals surface area contributed by atoms with E-state index in [0.29, 0.717) is 16.4 Å². The number of carbonyl (C=O) groups is 1. The number of rotatable bonds is 3. The highest BCUT2D eigenvalue weighted by atomic mass is 35.5. The summed E-state index contributed by atoms with van der Waals surface area (Å²) in [6.45, 7) is 2.41. The highest BCUT2D eigenvalue weighted by Gasteiger charge is 2.34. The van der Waals surface area contributed by atoms with Gasteiger partial charge in [-0.25, -0.2) is 0 Å². The molecule has 1 fully saturated rings. The molecule has 1 amide bonds.